The van der Waals surface area contributed by atoms with Crippen LogP contribution >= 0.6 is 0 Å². The zero-order valence-electron chi connectivity index (χ0n) is 24.0. The first kappa shape index (κ1) is 27.4. The van der Waals surface area contributed by atoms with Gasteiger partial charge in [-0.05, 0) is 87.7 Å². The summed E-state index contributed by atoms with van der Waals surface area (Å²) in [6.07, 6.45) is 13.9. The van der Waals surface area contributed by atoms with Gasteiger partial charge in [0, 0.05) is 30.6 Å². The first-order valence-corrected chi connectivity index (χ1v) is 15.6. The van der Waals surface area contributed by atoms with Gasteiger partial charge < -0.3 is 14.5 Å². The molecule has 4 unspecified atom stereocenters. The topological polar surface area (TPSA) is 97.0 Å². The summed E-state index contributed by atoms with van der Waals surface area (Å²) in [6.45, 7) is 2.37. The third-order valence-corrected chi connectivity index (χ3v) is 10.4. The zero-order valence-corrected chi connectivity index (χ0v) is 24.0. The van der Waals surface area contributed by atoms with Crippen LogP contribution in [0.3, 0.4) is 0 Å². The van der Waals surface area contributed by atoms with E-state index in [0.717, 1.165) is 41.6 Å². The highest BCUT2D eigenvalue weighted by Gasteiger charge is 2.46. The average Bonchev–Trinajstić information content (AvgIpc) is 2.93. The maximum absolute atomic E-state index is 14.1. The molecule has 2 aliphatic carbocycles. The lowest BCUT2D eigenvalue weighted by atomic mass is 9.64. The van der Waals surface area contributed by atoms with Crippen molar-refractivity contribution in [2.45, 2.75) is 115 Å². The van der Waals surface area contributed by atoms with Gasteiger partial charge in [0.05, 0.1) is 17.5 Å². The summed E-state index contributed by atoms with van der Waals surface area (Å²) in [5.41, 5.74) is 1.90. The SMILES string of the molecule is CCC1CC2CC(C1)CC(N1C3CCCC1CC(n1c(=O)c(/C(CCC(=O)O)=N/OC)nc4ccccc41)C3)C2. The molecule has 4 atom stereocenters. The second kappa shape index (κ2) is 11.6. The summed E-state index contributed by atoms with van der Waals surface area (Å²) in [5, 5.41) is 13.3. The van der Waals surface area contributed by atoms with Gasteiger partial charge in [-0.15, -0.1) is 0 Å². The molecule has 2 saturated heterocycles. The van der Waals surface area contributed by atoms with Crippen LogP contribution in [0.15, 0.2) is 34.2 Å². The first-order valence-electron chi connectivity index (χ1n) is 15.6. The van der Waals surface area contributed by atoms with Crippen molar-refractivity contribution in [2.75, 3.05) is 7.11 Å². The van der Waals surface area contributed by atoms with E-state index < -0.39 is 5.97 Å². The molecule has 4 fully saturated rings. The number of aromatic nitrogens is 2. The minimum absolute atomic E-state index is 0.0848. The van der Waals surface area contributed by atoms with Gasteiger partial charge in [0.15, 0.2) is 5.69 Å². The lowest BCUT2D eigenvalue weighted by molar-refractivity contribution is -0.136. The van der Waals surface area contributed by atoms with Crippen LogP contribution in [-0.4, -0.2) is 56.5 Å². The van der Waals surface area contributed by atoms with E-state index in [1.807, 2.05) is 28.8 Å². The van der Waals surface area contributed by atoms with E-state index in [1.54, 1.807) is 0 Å². The van der Waals surface area contributed by atoms with Crippen LogP contribution < -0.4 is 5.56 Å². The van der Waals surface area contributed by atoms with E-state index in [4.69, 9.17) is 4.84 Å². The Labute approximate surface area is 236 Å². The number of aliphatic carboxylic acids is 1. The van der Waals surface area contributed by atoms with Crippen molar-refractivity contribution < 1.29 is 14.7 Å². The number of para-hydroxylation sites is 2. The van der Waals surface area contributed by atoms with Crippen molar-refractivity contribution in [3.63, 3.8) is 0 Å². The molecule has 1 aromatic carbocycles. The maximum atomic E-state index is 14.1. The summed E-state index contributed by atoms with van der Waals surface area (Å²) in [6, 6.07) is 9.60. The second-order valence-electron chi connectivity index (χ2n) is 12.9. The van der Waals surface area contributed by atoms with Crippen LogP contribution in [0.25, 0.3) is 11.0 Å². The lowest BCUT2D eigenvalue weighted by Crippen LogP contribution is -2.59. The Morgan fingerprint density at radius 2 is 1.68 bits per heavy atom. The van der Waals surface area contributed by atoms with Crippen molar-refractivity contribution in [1.29, 1.82) is 0 Å². The summed E-state index contributed by atoms with van der Waals surface area (Å²) in [7, 11) is 1.42. The van der Waals surface area contributed by atoms with Gasteiger partial charge in [-0.1, -0.05) is 37.1 Å². The van der Waals surface area contributed by atoms with E-state index in [0.29, 0.717) is 23.8 Å². The number of rotatable bonds is 8. The minimum atomic E-state index is -0.942. The van der Waals surface area contributed by atoms with Gasteiger partial charge in [-0.2, -0.15) is 0 Å². The smallest absolute Gasteiger partial charge is 0.303 e. The number of piperidine rings is 2. The van der Waals surface area contributed by atoms with Crippen LogP contribution in [0.5, 0.6) is 0 Å². The molecule has 0 radical (unpaired) electrons. The predicted octanol–water partition coefficient (Wildman–Crippen LogP) is 5.77. The maximum Gasteiger partial charge on any atom is 0.303 e. The summed E-state index contributed by atoms with van der Waals surface area (Å²) in [4.78, 5) is 38.1. The molecule has 40 heavy (non-hydrogen) atoms. The van der Waals surface area contributed by atoms with Gasteiger partial charge in [0.2, 0.25) is 0 Å². The van der Waals surface area contributed by atoms with E-state index in [2.05, 4.69) is 22.0 Å². The number of nitrogens with zero attached hydrogens (tertiary/aromatic N) is 4. The molecular weight excluding hydrogens is 504 g/mol. The number of hydrogen-bond acceptors (Lipinski definition) is 6. The molecule has 2 aromatic rings. The Morgan fingerprint density at radius 1 is 0.975 bits per heavy atom. The molecule has 2 saturated carbocycles. The first-order chi connectivity index (χ1) is 19.4. The van der Waals surface area contributed by atoms with Gasteiger partial charge in [0.25, 0.3) is 5.56 Å². The Balaban J connectivity index is 1.32. The summed E-state index contributed by atoms with van der Waals surface area (Å²) >= 11 is 0. The highest BCUT2D eigenvalue weighted by Crippen LogP contribution is 2.49. The highest BCUT2D eigenvalue weighted by molar-refractivity contribution is 6.00. The molecule has 6 rings (SSSR count). The molecular formula is C32H44N4O4. The van der Waals surface area contributed by atoms with Crippen LogP contribution in [0.4, 0.5) is 0 Å². The molecule has 1 aromatic heterocycles. The Morgan fingerprint density at radius 3 is 2.33 bits per heavy atom. The van der Waals surface area contributed by atoms with Gasteiger partial charge in [0.1, 0.15) is 12.8 Å². The molecule has 0 amide bonds. The number of hydrogen-bond donors (Lipinski definition) is 1. The number of fused-ring (bicyclic) bond motifs is 5. The molecule has 0 spiro atoms. The average molecular weight is 549 g/mol. The van der Waals surface area contributed by atoms with Crippen molar-refractivity contribution in [3.8, 4) is 0 Å². The quantitative estimate of drug-likeness (QED) is 0.332. The third-order valence-electron chi connectivity index (χ3n) is 10.4. The number of benzene rings is 1. The zero-order chi connectivity index (χ0) is 27.8. The fraction of sp³-hybridized carbons (Fsp3) is 0.688. The standard InChI is InChI=1S/C32H44N4O4/c1-3-20-13-21-15-22(14-20)17-25(16-21)35-23-7-6-8-24(35)19-26(18-23)36-29-10-5-4-9-27(29)33-31(32(36)39)28(34-40-2)11-12-30(37)38/h4-5,9-10,20-26H,3,6-8,11-19H2,1-2H3,(H,37,38)/b34-28+. The molecule has 2 aliphatic heterocycles. The van der Waals surface area contributed by atoms with Crippen LogP contribution in [0, 0.1) is 17.8 Å². The Hall–Kier alpha value is -2.74. The van der Waals surface area contributed by atoms with Crippen molar-refractivity contribution in [2.24, 2.45) is 22.9 Å². The summed E-state index contributed by atoms with van der Waals surface area (Å²) in [5.74, 6) is 1.76. The van der Waals surface area contributed by atoms with Gasteiger partial charge >= 0.3 is 5.97 Å². The molecule has 8 nitrogen and oxygen atoms in total. The van der Waals surface area contributed by atoms with Crippen molar-refractivity contribution in [1.82, 2.24) is 14.5 Å². The van der Waals surface area contributed by atoms with E-state index in [-0.39, 0.29) is 30.1 Å². The Bertz CT molecular complexity index is 1290. The normalized spacial score (nSPS) is 32.6. The van der Waals surface area contributed by atoms with E-state index in [1.165, 1.54) is 64.9 Å². The third kappa shape index (κ3) is 5.31. The molecule has 3 heterocycles. The number of carboxylic acids is 1. The molecule has 1 N–H and O–H groups in total. The van der Waals surface area contributed by atoms with Crippen molar-refractivity contribution >= 4 is 22.7 Å². The number of oxime groups is 1. The lowest BCUT2D eigenvalue weighted by Gasteiger charge is -2.56. The predicted molar refractivity (Wildman–Crippen MR) is 156 cm³/mol. The molecule has 4 bridgehead atoms. The number of carboxylic acid groups (broad SMARTS) is 1. The van der Waals surface area contributed by atoms with Crippen LogP contribution in [0.1, 0.15) is 102 Å². The van der Waals surface area contributed by atoms with E-state index in [9.17, 15) is 14.7 Å². The fourth-order valence-corrected chi connectivity index (χ4v) is 8.97. The van der Waals surface area contributed by atoms with Gasteiger partial charge in [-0.3, -0.25) is 14.5 Å². The molecule has 216 valence electrons. The number of carbonyl (C=O) groups is 1. The van der Waals surface area contributed by atoms with Gasteiger partial charge in [-0.25, -0.2) is 4.98 Å². The highest BCUT2D eigenvalue weighted by atomic mass is 16.6. The van der Waals surface area contributed by atoms with Crippen LogP contribution in [0.2, 0.25) is 0 Å². The molecule has 8 heteroatoms. The second-order valence-corrected chi connectivity index (χ2v) is 12.9. The van der Waals surface area contributed by atoms with Crippen LogP contribution in [-0.2, 0) is 9.63 Å². The largest absolute Gasteiger partial charge is 0.481 e. The monoisotopic (exact) mass is 548 g/mol. The fourth-order valence-electron chi connectivity index (χ4n) is 8.97. The minimum Gasteiger partial charge on any atom is -0.481 e. The molecule has 4 aliphatic rings. The summed E-state index contributed by atoms with van der Waals surface area (Å²) < 4.78 is 1.97. The Kier molecular flexibility index (Phi) is 7.98. The van der Waals surface area contributed by atoms with E-state index >= 15 is 0 Å². The van der Waals surface area contributed by atoms with Crippen molar-refractivity contribution in [3.05, 3.63) is 40.3 Å².